The number of esters is 1. The lowest BCUT2D eigenvalue weighted by atomic mass is 10.2. The highest BCUT2D eigenvalue weighted by Crippen LogP contribution is 2.19. The number of aryl methyl sites for hydroxylation is 1. The maximum atomic E-state index is 11.7. The Morgan fingerprint density at radius 2 is 2.21 bits per heavy atom. The van der Waals surface area contributed by atoms with Gasteiger partial charge in [-0.2, -0.15) is 0 Å². The predicted molar refractivity (Wildman–Crippen MR) is 75.5 cm³/mol. The molecule has 0 radical (unpaired) electrons. The molecule has 2 N–H and O–H groups in total. The van der Waals surface area contributed by atoms with Crippen LogP contribution in [-0.2, 0) is 11.2 Å². The molecule has 0 saturated heterocycles. The van der Waals surface area contributed by atoms with Crippen molar-refractivity contribution in [1.29, 1.82) is 0 Å². The Balaban J connectivity index is 2.29. The molecule has 4 nitrogen and oxygen atoms in total. The van der Waals surface area contributed by atoms with Gasteiger partial charge in [0.05, 0.1) is 6.10 Å². The van der Waals surface area contributed by atoms with Crippen molar-refractivity contribution >= 4 is 17.3 Å². The zero-order valence-electron chi connectivity index (χ0n) is 11.3. The summed E-state index contributed by atoms with van der Waals surface area (Å²) in [7, 11) is 0. The highest BCUT2D eigenvalue weighted by Gasteiger charge is 2.13. The first-order chi connectivity index (χ1) is 9.17. The second-order valence-electron chi connectivity index (χ2n) is 4.49. The molecule has 0 bridgehead atoms. The molecule has 0 aliphatic heterocycles. The zero-order chi connectivity index (χ0) is 14.1. The Morgan fingerprint density at radius 3 is 2.89 bits per heavy atom. The van der Waals surface area contributed by atoms with Crippen molar-refractivity contribution in [1.82, 2.24) is 0 Å². The molecule has 1 unspecified atom stereocenters. The topological polar surface area (TPSA) is 66.8 Å². The van der Waals surface area contributed by atoms with E-state index in [-0.39, 0.29) is 19.2 Å². The monoisotopic (exact) mass is 286 g/mol. The number of hydrogen-bond acceptors (Lipinski definition) is 5. The summed E-state index contributed by atoms with van der Waals surface area (Å²) in [5.74, 6) is -0.367. The normalized spacial score (nSPS) is 12.4. The van der Waals surface area contributed by atoms with E-state index >= 15 is 0 Å². The molecule has 0 aliphatic carbocycles. The number of thiophene rings is 1. The fourth-order valence-electron chi connectivity index (χ4n) is 1.69. The molecule has 108 valence electrons. The highest BCUT2D eigenvalue weighted by atomic mass is 32.1. The van der Waals surface area contributed by atoms with E-state index in [1.807, 2.05) is 6.07 Å². The van der Waals surface area contributed by atoms with Crippen LogP contribution < -0.4 is 0 Å². The zero-order valence-corrected chi connectivity index (χ0v) is 12.1. The van der Waals surface area contributed by atoms with E-state index in [9.17, 15) is 9.90 Å². The minimum Gasteiger partial charge on any atom is -0.459 e. The van der Waals surface area contributed by atoms with E-state index in [4.69, 9.17) is 9.84 Å². The summed E-state index contributed by atoms with van der Waals surface area (Å²) < 4.78 is 5.07. The molecule has 0 saturated carbocycles. The van der Waals surface area contributed by atoms with E-state index < -0.39 is 6.10 Å². The van der Waals surface area contributed by atoms with Crippen molar-refractivity contribution in [3.63, 3.8) is 0 Å². The molecule has 1 atom stereocenters. The van der Waals surface area contributed by atoms with E-state index in [2.05, 4.69) is 6.92 Å². The molecule has 1 aromatic rings. The van der Waals surface area contributed by atoms with Crippen LogP contribution in [0.3, 0.4) is 0 Å². The summed E-state index contributed by atoms with van der Waals surface area (Å²) in [5, 5.41) is 18.2. The van der Waals surface area contributed by atoms with Crippen LogP contribution in [0.2, 0.25) is 0 Å². The van der Waals surface area contributed by atoms with Crippen LogP contribution in [0, 0.1) is 0 Å². The largest absolute Gasteiger partial charge is 0.459 e. The molecule has 0 spiro atoms. The average molecular weight is 286 g/mol. The minimum absolute atomic E-state index is 0.0191. The number of rotatable bonds is 9. The molecule has 0 aromatic carbocycles. The van der Waals surface area contributed by atoms with E-state index in [1.165, 1.54) is 16.2 Å². The number of carbonyl (C=O) groups is 1. The van der Waals surface area contributed by atoms with Crippen molar-refractivity contribution < 1.29 is 19.7 Å². The Hall–Kier alpha value is -0.910. The quantitative estimate of drug-likeness (QED) is 0.540. The molecule has 0 aliphatic rings. The van der Waals surface area contributed by atoms with Crippen LogP contribution in [0.4, 0.5) is 0 Å². The third-order valence-electron chi connectivity index (χ3n) is 2.71. The number of aliphatic hydroxyl groups is 2. The molecule has 0 fully saturated rings. The molecule has 19 heavy (non-hydrogen) atoms. The summed E-state index contributed by atoms with van der Waals surface area (Å²) in [6.07, 6.45) is 3.32. The lowest BCUT2D eigenvalue weighted by molar-refractivity contribution is 0.0235. The maximum Gasteiger partial charge on any atom is 0.348 e. The summed E-state index contributed by atoms with van der Waals surface area (Å²) in [4.78, 5) is 13.5. The van der Waals surface area contributed by atoms with Gasteiger partial charge in [0.1, 0.15) is 11.5 Å². The molecule has 1 aromatic heterocycles. The van der Waals surface area contributed by atoms with Gasteiger partial charge in [-0.1, -0.05) is 13.3 Å². The van der Waals surface area contributed by atoms with Crippen LogP contribution in [0.25, 0.3) is 0 Å². The van der Waals surface area contributed by atoms with Gasteiger partial charge in [0.15, 0.2) is 0 Å². The molecule has 1 heterocycles. The fourth-order valence-corrected chi connectivity index (χ4v) is 2.69. The smallest absolute Gasteiger partial charge is 0.348 e. The van der Waals surface area contributed by atoms with Gasteiger partial charge < -0.3 is 14.9 Å². The van der Waals surface area contributed by atoms with Gasteiger partial charge in [0.25, 0.3) is 0 Å². The van der Waals surface area contributed by atoms with Crippen molar-refractivity contribution in [2.75, 3.05) is 13.2 Å². The second-order valence-corrected chi connectivity index (χ2v) is 5.66. The van der Waals surface area contributed by atoms with Crippen molar-refractivity contribution in [2.45, 2.75) is 45.1 Å². The lowest BCUT2D eigenvalue weighted by Crippen LogP contribution is -2.18. The molecule has 0 amide bonds. The van der Waals surface area contributed by atoms with Crippen LogP contribution in [0.1, 0.15) is 47.2 Å². The van der Waals surface area contributed by atoms with Crippen molar-refractivity contribution in [3.8, 4) is 0 Å². The first kappa shape index (κ1) is 16.1. The highest BCUT2D eigenvalue weighted by molar-refractivity contribution is 7.13. The maximum absolute atomic E-state index is 11.7. The van der Waals surface area contributed by atoms with Crippen LogP contribution in [0.5, 0.6) is 0 Å². The van der Waals surface area contributed by atoms with Gasteiger partial charge >= 0.3 is 5.97 Å². The average Bonchev–Trinajstić information content (AvgIpc) is 2.85. The van der Waals surface area contributed by atoms with E-state index in [1.54, 1.807) is 6.07 Å². The number of carbonyl (C=O) groups excluding carboxylic acids is 1. The van der Waals surface area contributed by atoms with Gasteiger partial charge in [-0.3, -0.25) is 0 Å². The number of unbranched alkanes of at least 4 members (excludes halogenated alkanes) is 1. The fraction of sp³-hybridized carbons (Fsp3) is 0.643. The van der Waals surface area contributed by atoms with Gasteiger partial charge in [-0.15, -0.1) is 11.3 Å². The second kappa shape index (κ2) is 9.07. The Kier molecular flexibility index (Phi) is 7.70. The standard InChI is InChI=1S/C14H22O4S/c1-2-5-12-7-8-13(19-12)14(17)18-10-11(16)6-3-4-9-15/h7-8,11,15-16H,2-6,9-10H2,1H3. The van der Waals surface area contributed by atoms with Crippen molar-refractivity contribution in [2.24, 2.45) is 0 Å². The number of hydrogen-bond donors (Lipinski definition) is 2. The predicted octanol–water partition coefficient (Wildman–Crippen LogP) is 2.38. The van der Waals surface area contributed by atoms with E-state index in [0.29, 0.717) is 17.7 Å². The van der Waals surface area contributed by atoms with Gasteiger partial charge in [0.2, 0.25) is 0 Å². The van der Waals surface area contributed by atoms with Crippen LogP contribution in [-0.4, -0.2) is 35.5 Å². The molecule has 1 rings (SSSR count). The third kappa shape index (κ3) is 6.18. The van der Waals surface area contributed by atoms with Gasteiger partial charge in [0, 0.05) is 11.5 Å². The van der Waals surface area contributed by atoms with Gasteiger partial charge in [-0.05, 0) is 37.8 Å². The first-order valence-electron chi connectivity index (χ1n) is 6.72. The number of aliphatic hydroxyl groups excluding tert-OH is 2. The molecular formula is C14H22O4S. The van der Waals surface area contributed by atoms with Crippen LogP contribution >= 0.6 is 11.3 Å². The molecule has 5 heteroatoms. The summed E-state index contributed by atoms with van der Waals surface area (Å²) in [6.45, 7) is 2.24. The SMILES string of the molecule is CCCc1ccc(C(=O)OCC(O)CCCCO)s1. The lowest BCUT2D eigenvalue weighted by Gasteiger charge is -2.10. The first-order valence-corrected chi connectivity index (χ1v) is 7.53. The minimum atomic E-state index is -0.648. The summed E-state index contributed by atoms with van der Waals surface area (Å²) in [5.41, 5.74) is 0. The van der Waals surface area contributed by atoms with E-state index in [0.717, 1.165) is 19.3 Å². The third-order valence-corrected chi connectivity index (χ3v) is 3.84. The molecular weight excluding hydrogens is 264 g/mol. The van der Waals surface area contributed by atoms with Crippen molar-refractivity contribution in [3.05, 3.63) is 21.9 Å². The summed E-state index contributed by atoms with van der Waals surface area (Å²) >= 11 is 1.45. The Morgan fingerprint density at radius 1 is 1.42 bits per heavy atom. The Labute approximate surface area is 118 Å². The van der Waals surface area contributed by atoms with Gasteiger partial charge in [-0.25, -0.2) is 4.79 Å². The summed E-state index contributed by atoms with van der Waals surface area (Å²) in [6, 6.07) is 3.72. The van der Waals surface area contributed by atoms with Crippen LogP contribution in [0.15, 0.2) is 12.1 Å². The Bertz CT molecular complexity index is 375. The number of ether oxygens (including phenoxy) is 1.